The largest absolute Gasteiger partial charge is 0.456 e. The van der Waals surface area contributed by atoms with Crippen molar-refractivity contribution in [2.75, 3.05) is 0 Å². The molecule has 1 aromatic heterocycles. The second-order valence-electron chi connectivity index (χ2n) is 10.3. The van der Waals surface area contributed by atoms with Crippen molar-refractivity contribution in [2.45, 2.75) is 57.6 Å². The topological polar surface area (TPSA) is 92.1 Å². The molecular weight excluding hydrogens is 462 g/mol. The number of aromatic nitrogens is 1. The van der Waals surface area contributed by atoms with Crippen LogP contribution in [-0.2, 0) is 15.1 Å². The summed E-state index contributed by atoms with van der Waals surface area (Å²) < 4.78 is 5.48. The Morgan fingerprint density at radius 2 is 1.70 bits per heavy atom. The van der Waals surface area contributed by atoms with E-state index in [2.05, 4.69) is 10.3 Å². The quantitative estimate of drug-likeness (QED) is 0.251. The van der Waals surface area contributed by atoms with E-state index in [0.717, 1.165) is 36.8 Å². The van der Waals surface area contributed by atoms with Crippen LogP contribution < -0.4 is 5.32 Å². The van der Waals surface area contributed by atoms with Gasteiger partial charge in [-0.2, -0.15) is 5.26 Å². The fraction of sp³-hybridized carbons (Fsp3) is 0.290. The van der Waals surface area contributed by atoms with Gasteiger partial charge in [-0.15, -0.1) is 0 Å². The van der Waals surface area contributed by atoms with Crippen LogP contribution in [-0.4, -0.2) is 22.5 Å². The van der Waals surface area contributed by atoms with Crippen LogP contribution in [0.1, 0.15) is 68.1 Å². The predicted octanol–water partition coefficient (Wildman–Crippen LogP) is 6.20. The number of esters is 1. The maximum absolute atomic E-state index is 13.2. The Bertz CT molecular complexity index is 1360. The van der Waals surface area contributed by atoms with Gasteiger partial charge in [0.2, 0.25) is 0 Å². The summed E-state index contributed by atoms with van der Waals surface area (Å²) in [6, 6.07) is 24.4. The molecule has 0 spiro atoms. The fourth-order valence-electron chi connectivity index (χ4n) is 4.64. The highest BCUT2D eigenvalue weighted by Crippen LogP contribution is 2.39. The number of rotatable bonds is 6. The second-order valence-corrected chi connectivity index (χ2v) is 10.3. The van der Waals surface area contributed by atoms with Crippen LogP contribution in [0, 0.1) is 11.3 Å². The van der Waals surface area contributed by atoms with E-state index >= 15 is 0 Å². The third kappa shape index (κ3) is 6.31. The maximum atomic E-state index is 13.2. The number of amides is 1. The monoisotopic (exact) mass is 493 g/mol. The van der Waals surface area contributed by atoms with E-state index in [1.807, 2.05) is 75.4 Å². The summed E-state index contributed by atoms with van der Waals surface area (Å²) in [7, 11) is 0. The minimum atomic E-state index is -0.595. The van der Waals surface area contributed by atoms with Gasteiger partial charge in [0.1, 0.15) is 17.2 Å². The summed E-state index contributed by atoms with van der Waals surface area (Å²) in [6.07, 6.45) is 5.22. The van der Waals surface area contributed by atoms with Crippen LogP contribution in [0.15, 0.2) is 78.4 Å². The summed E-state index contributed by atoms with van der Waals surface area (Å²) in [6.45, 7) is 5.47. The average molecular weight is 494 g/mol. The molecule has 188 valence electrons. The minimum absolute atomic E-state index is 0.00522. The van der Waals surface area contributed by atoms with Gasteiger partial charge in [-0.1, -0.05) is 61.4 Å². The Hall–Kier alpha value is -4.24. The van der Waals surface area contributed by atoms with Crippen molar-refractivity contribution in [3.63, 3.8) is 0 Å². The Balaban J connectivity index is 1.58. The van der Waals surface area contributed by atoms with Crippen molar-refractivity contribution in [3.8, 4) is 17.3 Å². The van der Waals surface area contributed by atoms with Gasteiger partial charge in [0.25, 0.3) is 5.91 Å². The van der Waals surface area contributed by atoms with Crippen LogP contribution in [0.3, 0.4) is 0 Å². The number of ether oxygens (including phenoxy) is 1. The number of carbonyl (C=O) groups excluding carboxylic acids is 2. The van der Waals surface area contributed by atoms with E-state index in [1.54, 1.807) is 24.3 Å². The van der Waals surface area contributed by atoms with Crippen molar-refractivity contribution in [1.82, 2.24) is 10.3 Å². The molecule has 0 saturated heterocycles. The number of benzene rings is 2. The third-order valence-electron chi connectivity index (χ3n) is 6.36. The average Bonchev–Trinajstić information content (AvgIpc) is 3.36. The van der Waals surface area contributed by atoms with E-state index in [1.165, 1.54) is 6.08 Å². The molecule has 37 heavy (non-hydrogen) atoms. The third-order valence-corrected chi connectivity index (χ3v) is 6.36. The molecule has 2 aromatic carbocycles. The van der Waals surface area contributed by atoms with Gasteiger partial charge in [-0.05, 0) is 69.5 Å². The van der Waals surface area contributed by atoms with Gasteiger partial charge >= 0.3 is 5.97 Å². The van der Waals surface area contributed by atoms with Crippen LogP contribution >= 0.6 is 0 Å². The first-order valence-corrected chi connectivity index (χ1v) is 12.5. The van der Waals surface area contributed by atoms with Crippen molar-refractivity contribution < 1.29 is 14.3 Å². The van der Waals surface area contributed by atoms with E-state index in [0.29, 0.717) is 17.0 Å². The SMILES string of the molecule is CC(C)(C)OC(=O)c1cccc(-c2cccc(/C=C(\C#N)C(=O)NC3(c4ccccc4)CCCC3)n2)c1. The molecule has 0 bridgehead atoms. The molecule has 1 aliphatic carbocycles. The Labute approximate surface area is 218 Å². The predicted molar refractivity (Wildman–Crippen MR) is 143 cm³/mol. The molecule has 0 aliphatic heterocycles. The number of nitriles is 1. The van der Waals surface area contributed by atoms with Crippen molar-refractivity contribution >= 4 is 18.0 Å². The van der Waals surface area contributed by atoms with Gasteiger partial charge in [-0.3, -0.25) is 4.79 Å². The van der Waals surface area contributed by atoms with E-state index in [-0.39, 0.29) is 5.57 Å². The molecule has 4 rings (SSSR count). The van der Waals surface area contributed by atoms with Gasteiger partial charge < -0.3 is 10.1 Å². The van der Waals surface area contributed by atoms with E-state index in [4.69, 9.17) is 4.74 Å². The minimum Gasteiger partial charge on any atom is -0.456 e. The Kier molecular flexibility index (Phi) is 7.54. The summed E-state index contributed by atoms with van der Waals surface area (Å²) >= 11 is 0. The lowest BCUT2D eigenvalue weighted by molar-refractivity contribution is -0.119. The number of hydrogen-bond acceptors (Lipinski definition) is 5. The summed E-state index contributed by atoms with van der Waals surface area (Å²) in [5, 5.41) is 13.0. The standard InChI is InChI=1S/C31H31N3O3/c1-30(2,3)37-29(36)23-12-9-11-22(19-23)27-16-10-15-26(33-27)20-24(21-32)28(35)34-31(17-7-8-18-31)25-13-5-4-6-14-25/h4-6,9-16,19-20H,7-8,17-18H2,1-3H3,(H,34,35)/b24-20+. The Morgan fingerprint density at radius 1 is 1.00 bits per heavy atom. The summed E-state index contributed by atoms with van der Waals surface area (Å²) in [5.41, 5.74) is 2.25. The molecule has 3 aromatic rings. The first-order chi connectivity index (χ1) is 17.7. The normalized spacial score (nSPS) is 15.0. The van der Waals surface area contributed by atoms with Crippen molar-refractivity contribution in [2.24, 2.45) is 0 Å². The molecule has 1 aliphatic rings. The molecule has 0 radical (unpaired) electrons. The van der Waals surface area contributed by atoms with Crippen LogP contribution in [0.4, 0.5) is 0 Å². The lowest BCUT2D eigenvalue weighted by atomic mass is 9.88. The molecule has 1 fully saturated rings. The first-order valence-electron chi connectivity index (χ1n) is 12.5. The zero-order valence-electron chi connectivity index (χ0n) is 21.5. The molecule has 0 atom stereocenters. The van der Waals surface area contributed by atoms with Crippen LogP contribution in [0.5, 0.6) is 0 Å². The zero-order chi connectivity index (χ0) is 26.5. The lowest BCUT2D eigenvalue weighted by Gasteiger charge is -2.31. The highest BCUT2D eigenvalue weighted by atomic mass is 16.6. The van der Waals surface area contributed by atoms with Gasteiger partial charge in [0.05, 0.1) is 22.5 Å². The maximum Gasteiger partial charge on any atom is 0.338 e. The Morgan fingerprint density at radius 3 is 2.38 bits per heavy atom. The molecule has 0 unspecified atom stereocenters. The van der Waals surface area contributed by atoms with Gasteiger partial charge in [0.15, 0.2) is 0 Å². The second kappa shape index (κ2) is 10.8. The molecule has 6 nitrogen and oxygen atoms in total. The molecule has 1 saturated carbocycles. The number of carbonyl (C=O) groups is 2. The number of pyridine rings is 1. The van der Waals surface area contributed by atoms with Gasteiger partial charge in [-0.25, -0.2) is 9.78 Å². The van der Waals surface area contributed by atoms with E-state index < -0.39 is 23.0 Å². The van der Waals surface area contributed by atoms with Crippen LogP contribution in [0.2, 0.25) is 0 Å². The number of nitrogens with one attached hydrogen (secondary N) is 1. The summed E-state index contributed by atoms with van der Waals surface area (Å²) in [4.78, 5) is 30.4. The molecule has 1 amide bonds. The lowest BCUT2D eigenvalue weighted by Crippen LogP contribution is -2.44. The molecule has 1 heterocycles. The molecular formula is C31H31N3O3. The van der Waals surface area contributed by atoms with Gasteiger partial charge in [0, 0.05) is 5.56 Å². The number of hydrogen-bond donors (Lipinski definition) is 1. The van der Waals surface area contributed by atoms with Crippen LogP contribution in [0.25, 0.3) is 17.3 Å². The molecule has 6 heteroatoms. The molecule has 1 N–H and O–H groups in total. The first kappa shape index (κ1) is 25.8. The summed E-state index contributed by atoms with van der Waals surface area (Å²) in [5.74, 6) is -0.819. The van der Waals surface area contributed by atoms with Crippen molar-refractivity contribution in [1.29, 1.82) is 5.26 Å². The highest BCUT2D eigenvalue weighted by molar-refractivity contribution is 6.02. The smallest absolute Gasteiger partial charge is 0.338 e. The fourth-order valence-corrected chi connectivity index (χ4v) is 4.64. The van der Waals surface area contributed by atoms with E-state index in [9.17, 15) is 14.9 Å². The highest BCUT2D eigenvalue weighted by Gasteiger charge is 2.37. The van der Waals surface area contributed by atoms with Crippen molar-refractivity contribution in [3.05, 3.63) is 95.2 Å². The zero-order valence-corrected chi connectivity index (χ0v) is 21.5. The number of nitrogens with zero attached hydrogens (tertiary/aromatic N) is 2.